The van der Waals surface area contributed by atoms with Crippen LogP contribution in [0.2, 0.25) is 0 Å². The Kier molecular flexibility index (Phi) is 6.96. The molecule has 35 heavy (non-hydrogen) atoms. The highest BCUT2D eigenvalue weighted by atomic mass is 32.1. The van der Waals surface area contributed by atoms with E-state index in [1.54, 1.807) is 11.3 Å². The van der Waals surface area contributed by atoms with E-state index < -0.39 is 11.6 Å². The third-order valence-corrected chi connectivity index (χ3v) is 6.94. The summed E-state index contributed by atoms with van der Waals surface area (Å²) in [5.74, 6) is -1.10. The van der Waals surface area contributed by atoms with Crippen LogP contribution in [0, 0.1) is 11.6 Å². The van der Waals surface area contributed by atoms with Gasteiger partial charge in [0.15, 0.2) is 11.7 Å². The molecule has 2 aromatic carbocycles. The smallest absolute Gasteiger partial charge is 0.223 e. The van der Waals surface area contributed by atoms with Crippen molar-refractivity contribution in [2.75, 3.05) is 26.2 Å². The van der Waals surface area contributed by atoms with Crippen molar-refractivity contribution in [2.24, 2.45) is 0 Å². The van der Waals surface area contributed by atoms with Crippen molar-refractivity contribution >= 4 is 17.2 Å². The zero-order chi connectivity index (χ0) is 24.2. The van der Waals surface area contributed by atoms with E-state index in [9.17, 15) is 13.6 Å². The molecule has 3 heterocycles. The highest BCUT2D eigenvalue weighted by Gasteiger charge is 2.22. The molecule has 0 atom stereocenters. The largest absolute Gasteiger partial charge is 0.441 e. The Morgan fingerprint density at radius 3 is 2.49 bits per heavy atom. The fourth-order valence-electron chi connectivity index (χ4n) is 4.12. The summed E-state index contributed by atoms with van der Waals surface area (Å²) in [6, 6.07) is 13.8. The van der Waals surface area contributed by atoms with Gasteiger partial charge in [-0.05, 0) is 12.1 Å². The second kappa shape index (κ2) is 10.5. The molecular weight excluding hydrogens is 470 g/mol. The van der Waals surface area contributed by atoms with Gasteiger partial charge < -0.3 is 9.32 Å². The fourth-order valence-corrected chi connectivity index (χ4v) is 4.94. The van der Waals surface area contributed by atoms with Gasteiger partial charge in [0, 0.05) is 56.5 Å². The molecule has 0 spiro atoms. The Bertz CT molecular complexity index is 1280. The lowest BCUT2D eigenvalue weighted by atomic mass is 10.1. The predicted molar refractivity (Wildman–Crippen MR) is 130 cm³/mol. The second-order valence-corrected chi connectivity index (χ2v) is 9.24. The lowest BCUT2D eigenvalue weighted by Gasteiger charge is -2.34. The summed E-state index contributed by atoms with van der Waals surface area (Å²) in [6.07, 6.45) is 1.80. The summed E-state index contributed by atoms with van der Waals surface area (Å²) >= 11 is 1.64. The Morgan fingerprint density at radius 1 is 1.00 bits per heavy atom. The third-order valence-electron chi connectivity index (χ3n) is 6.00. The van der Waals surface area contributed by atoms with Gasteiger partial charge >= 0.3 is 0 Å². The normalized spacial score (nSPS) is 14.4. The van der Waals surface area contributed by atoms with Gasteiger partial charge in [-0.15, -0.1) is 11.3 Å². The molecule has 5 rings (SSSR count). The number of aromatic nitrogens is 2. The number of carbonyl (C=O) groups excluding carboxylic acids is 1. The number of halogens is 2. The number of aryl methyl sites for hydroxylation is 1. The van der Waals surface area contributed by atoms with Crippen molar-refractivity contribution in [3.63, 3.8) is 0 Å². The number of oxazole rings is 1. The molecule has 0 radical (unpaired) electrons. The minimum atomic E-state index is -0.712. The Balaban J connectivity index is 1.10. The van der Waals surface area contributed by atoms with E-state index in [0.29, 0.717) is 13.1 Å². The summed E-state index contributed by atoms with van der Waals surface area (Å²) in [7, 11) is 0. The zero-order valence-corrected chi connectivity index (χ0v) is 19.8. The molecule has 1 aliphatic rings. The number of carbonyl (C=O) groups is 1. The minimum Gasteiger partial charge on any atom is -0.441 e. The molecular formula is C26H24F2N4O2S. The number of piperazine rings is 1. The van der Waals surface area contributed by atoms with E-state index in [2.05, 4.69) is 27.4 Å². The standard InChI is InChI=1S/C26H24F2N4O2S/c27-20-7-4-8-21(28)25(20)22-15-29-23(34-22)9-10-24(33)32-13-11-31(12-14-32)16-19-17-35-26(30-19)18-5-2-1-3-6-18/h1-8,15,17H,9-14,16H2. The SMILES string of the molecule is O=C(CCc1ncc(-c2c(F)cccc2F)o1)N1CCN(Cc2csc(-c3ccccc3)n2)CC1. The lowest BCUT2D eigenvalue weighted by molar-refractivity contribution is -0.133. The molecule has 1 fully saturated rings. The van der Waals surface area contributed by atoms with Crippen molar-refractivity contribution in [1.29, 1.82) is 0 Å². The maximum Gasteiger partial charge on any atom is 0.223 e. The summed E-state index contributed by atoms with van der Waals surface area (Å²) in [6.45, 7) is 3.61. The van der Waals surface area contributed by atoms with Gasteiger partial charge in [0.05, 0.1) is 17.5 Å². The van der Waals surface area contributed by atoms with Crippen LogP contribution in [0.5, 0.6) is 0 Å². The quantitative estimate of drug-likeness (QED) is 0.361. The van der Waals surface area contributed by atoms with Crippen LogP contribution in [0.25, 0.3) is 21.9 Å². The average Bonchev–Trinajstić information content (AvgIpc) is 3.53. The number of rotatable bonds is 7. The van der Waals surface area contributed by atoms with E-state index in [-0.39, 0.29) is 36.0 Å². The molecule has 0 bridgehead atoms. The van der Waals surface area contributed by atoms with Gasteiger partial charge in [0.1, 0.15) is 16.6 Å². The first-order valence-electron chi connectivity index (χ1n) is 11.5. The van der Waals surface area contributed by atoms with Gasteiger partial charge in [-0.3, -0.25) is 9.69 Å². The van der Waals surface area contributed by atoms with E-state index in [0.717, 1.165) is 35.9 Å². The third kappa shape index (κ3) is 5.47. The van der Waals surface area contributed by atoms with Gasteiger partial charge in [-0.1, -0.05) is 36.4 Å². The first-order valence-corrected chi connectivity index (χ1v) is 12.3. The number of hydrogen-bond donors (Lipinski definition) is 0. The molecule has 1 aliphatic heterocycles. The molecule has 6 nitrogen and oxygen atoms in total. The molecule has 0 unspecified atom stereocenters. The lowest BCUT2D eigenvalue weighted by Crippen LogP contribution is -2.48. The fraction of sp³-hybridized carbons (Fsp3) is 0.269. The molecule has 0 N–H and O–H groups in total. The number of thiazole rings is 1. The molecule has 1 saturated heterocycles. The molecule has 2 aromatic heterocycles. The first kappa shape index (κ1) is 23.3. The van der Waals surface area contributed by atoms with Crippen LogP contribution < -0.4 is 0 Å². The van der Waals surface area contributed by atoms with E-state index in [4.69, 9.17) is 9.40 Å². The van der Waals surface area contributed by atoms with E-state index in [1.165, 1.54) is 24.4 Å². The number of amides is 1. The maximum atomic E-state index is 14.0. The second-order valence-electron chi connectivity index (χ2n) is 8.38. The van der Waals surface area contributed by atoms with Crippen LogP contribution in [0.4, 0.5) is 8.78 Å². The Labute approximate surface area is 205 Å². The van der Waals surface area contributed by atoms with Crippen molar-refractivity contribution < 1.29 is 18.0 Å². The van der Waals surface area contributed by atoms with Gasteiger partial charge in [-0.25, -0.2) is 18.7 Å². The van der Waals surface area contributed by atoms with Crippen molar-refractivity contribution in [1.82, 2.24) is 19.8 Å². The molecule has 0 saturated carbocycles. The van der Waals surface area contributed by atoms with Crippen molar-refractivity contribution in [3.8, 4) is 21.9 Å². The maximum absolute atomic E-state index is 14.0. The zero-order valence-electron chi connectivity index (χ0n) is 19.0. The van der Waals surface area contributed by atoms with E-state index >= 15 is 0 Å². The predicted octanol–water partition coefficient (Wildman–Crippen LogP) is 5.02. The van der Waals surface area contributed by atoms with E-state index in [1.807, 2.05) is 23.1 Å². The van der Waals surface area contributed by atoms with Gasteiger partial charge in [0.2, 0.25) is 5.91 Å². The highest BCUT2D eigenvalue weighted by molar-refractivity contribution is 7.13. The number of nitrogens with zero attached hydrogens (tertiary/aromatic N) is 4. The van der Waals surface area contributed by atoms with Crippen LogP contribution in [0.1, 0.15) is 18.0 Å². The summed E-state index contributed by atoms with van der Waals surface area (Å²) < 4.78 is 33.4. The van der Waals surface area contributed by atoms with Crippen molar-refractivity contribution in [3.05, 3.63) is 83.3 Å². The Morgan fingerprint density at radius 2 is 1.74 bits per heavy atom. The van der Waals surface area contributed by atoms with Crippen LogP contribution in [-0.4, -0.2) is 51.9 Å². The van der Waals surface area contributed by atoms with Crippen molar-refractivity contribution in [2.45, 2.75) is 19.4 Å². The van der Waals surface area contributed by atoms with Crippen LogP contribution in [-0.2, 0) is 17.8 Å². The monoisotopic (exact) mass is 494 g/mol. The molecule has 0 aliphatic carbocycles. The number of benzene rings is 2. The summed E-state index contributed by atoms with van der Waals surface area (Å²) in [5.41, 5.74) is 1.92. The summed E-state index contributed by atoms with van der Waals surface area (Å²) in [4.78, 5) is 25.7. The molecule has 9 heteroatoms. The van der Waals surface area contributed by atoms with Gasteiger partial charge in [0.25, 0.3) is 0 Å². The summed E-state index contributed by atoms with van der Waals surface area (Å²) in [5, 5.41) is 3.11. The topological polar surface area (TPSA) is 62.5 Å². The average molecular weight is 495 g/mol. The Hall–Kier alpha value is -3.43. The van der Waals surface area contributed by atoms with Gasteiger partial charge in [-0.2, -0.15) is 0 Å². The molecule has 180 valence electrons. The van der Waals surface area contributed by atoms with Crippen LogP contribution >= 0.6 is 11.3 Å². The van der Waals surface area contributed by atoms with Crippen LogP contribution in [0.15, 0.2) is 64.5 Å². The molecule has 4 aromatic rings. The first-order chi connectivity index (χ1) is 17.1. The molecule has 1 amide bonds. The number of hydrogen-bond acceptors (Lipinski definition) is 6. The van der Waals surface area contributed by atoms with Crippen LogP contribution in [0.3, 0.4) is 0 Å². The highest BCUT2D eigenvalue weighted by Crippen LogP contribution is 2.27. The minimum absolute atomic E-state index is 0.0153.